The molecule has 1 fully saturated rings. The van der Waals surface area contributed by atoms with Gasteiger partial charge in [-0.05, 0) is 46.0 Å². The highest BCUT2D eigenvalue weighted by Gasteiger charge is 2.30. The molecule has 134 valence electrons. The standard InChI is InChI=1S/C18H27BrN2O3/c1-12-9-21(10-13(2)24-12)18(22)14(3)20(4)11-15-8-16(19)6-7-17(15)23-5/h6-8,12-14H,9-11H2,1-5H3/t12-,13+,14-/m0/s1. The van der Waals surface area contributed by atoms with Gasteiger partial charge >= 0.3 is 0 Å². The van der Waals surface area contributed by atoms with Crippen molar-refractivity contribution in [2.75, 3.05) is 27.2 Å². The molecule has 1 heterocycles. The fourth-order valence-electron chi connectivity index (χ4n) is 3.09. The summed E-state index contributed by atoms with van der Waals surface area (Å²) in [6, 6.07) is 5.72. The van der Waals surface area contributed by atoms with Crippen LogP contribution in [0.4, 0.5) is 0 Å². The number of nitrogens with zero attached hydrogens (tertiary/aromatic N) is 2. The summed E-state index contributed by atoms with van der Waals surface area (Å²) in [5, 5.41) is 0. The molecule has 24 heavy (non-hydrogen) atoms. The average molecular weight is 399 g/mol. The highest BCUT2D eigenvalue weighted by Crippen LogP contribution is 2.25. The maximum atomic E-state index is 12.8. The van der Waals surface area contributed by atoms with Crippen LogP contribution in [0.25, 0.3) is 0 Å². The summed E-state index contributed by atoms with van der Waals surface area (Å²) < 4.78 is 12.1. The van der Waals surface area contributed by atoms with Crippen molar-refractivity contribution < 1.29 is 14.3 Å². The summed E-state index contributed by atoms with van der Waals surface area (Å²) >= 11 is 3.49. The minimum atomic E-state index is -0.203. The van der Waals surface area contributed by atoms with Crippen molar-refractivity contribution in [1.82, 2.24) is 9.80 Å². The molecule has 0 aliphatic carbocycles. The van der Waals surface area contributed by atoms with Crippen LogP contribution in [0.15, 0.2) is 22.7 Å². The zero-order valence-electron chi connectivity index (χ0n) is 15.1. The van der Waals surface area contributed by atoms with Gasteiger partial charge in [-0.25, -0.2) is 0 Å². The molecule has 3 atom stereocenters. The molecule has 1 aromatic rings. The number of carbonyl (C=O) groups excluding carboxylic acids is 1. The number of hydrogen-bond donors (Lipinski definition) is 0. The van der Waals surface area contributed by atoms with Gasteiger partial charge in [0.1, 0.15) is 5.75 Å². The molecule has 0 spiro atoms. The van der Waals surface area contributed by atoms with E-state index in [-0.39, 0.29) is 24.2 Å². The van der Waals surface area contributed by atoms with E-state index in [0.29, 0.717) is 19.6 Å². The molecular weight excluding hydrogens is 372 g/mol. The van der Waals surface area contributed by atoms with E-state index in [1.54, 1.807) is 7.11 Å². The molecule has 1 saturated heterocycles. The second-order valence-electron chi connectivity index (χ2n) is 6.55. The number of carbonyl (C=O) groups is 1. The number of likely N-dealkylation sites (N-methyl/N-ethyl adjacent to an activating group) is 1. The van der Waals surface area contributed by atoms with Crippen LogP contribution in [0.3, 0.4) is 0 Å². The van der Waals surface area contributed by atoms with E-state index in [2.05, 4.69) is 20.8 Å². The Bertz CT molecular complexity index is 571. The van der Waals surface area contributed by atoms with E-state index in [1.165, 1.54) is 0 Å². The van der Waals surface area contributed by atoms with Gasteiger partial charge in [-0.2, -0.15) is 0 Å². The molecule has 2 rings (SSSR count). The van der Waals surface area contributed by atoms with Crippen molar-refractivity contribution in [2.24, 2.45) is 0 Å². The second kappa shape index (κ2) is 8.32. The van der Waals surface area contributed by atoms with Gasteiger partial charge in [-0.1, -0.05) is 15.9 Å². The fraction of sp³-hybridized carbons (Fsp3) is 0.611. The third-order valence-electron chi connectivity index (χ3n) is 4.41. The van der Waals surface area contributed by atoms with E-state index < -0.39 is 0 Å². The molecule has 1 aliphatic heterocycles. The summed E-state index contributed by atoms with van der Waals surface area (Å²) in [6.45, 7) is 7.93. The zero-order valence-corrected chi connectivity index (χ0v) is 16.7. The highest BCUT2D eigenvalue weighted by molar-refractivity contribution is 9.10. The number of rotatable bonds is 5. The fourth-order valence-corrected chi connectivity index (χ4v) is 3.50. The monoisotopic (exact) mass is 398 g/mol. The second-order valence-corrected chi connectivity index (χ2v) is 7.46. The topological polar surface area (TPSA) is 42.0 Å². The predicted molar refractivity (Wildman–Crippen MR) is 98.2 cm³/mol. The van der Waals surface area contributed by atoms with Crippen molar-refractivity contribution in [3.63, 3.8) is 0 Å². The summed E-state index contributed by atoms with van der Waals surface area (Å²) in [4.78, 5) is 16.8. The maximum absolute atomic E-state index is 12.8. The van der Waals surface area contributed by atoms with E-state index in [1.807, 2.05) is 50.9 Å². The van der Waals surface area contributed by atoms with Crippen molar-refractivity contribution in [3.8, 4) is 5.75 Å². The molecule has 5 nitrogen and oxygen atoms in total. The van der Waals surface area contributed by atoms with Crippen LogP contribution in [-0.2, 0) is 16.1 Å². The molecule has 0 unspecified atom stereocenters. The quantitative estimate of drug-likeness (QED) is 0.764. The Balaban J connectivity index is 2.05. The lowest BCUT2D eigenvalue weighted by Crippen LogP contribution is -2.53. The summed E-state index contributed by atoms with van der Waals surface area (Å²) in [5.74, 6) is 0.978. The Morgan fingerprint density at radius 2 is 2.04 bits per heavy atom. The molecule has 0 radical (unpaired) electrons. The van der Waals surface area contributed by atoms with Gasteiger partial charge in [-0.3, -0.25) is 9.69 Å². The SMILES string of the molecule is COc1ccc(Br)cc1CN(C)[C@@H](C)C(=O)N1C[C@@H](C)O[C@@H](C)C1. The van der Waals surface area contributed by atoms with Gasteiger partial charge in [0, 0.05) is 29.7 Å². The van der Waals surface area contributed by atoms with Crippen LogP contribution in [-0.4, -0.2) is 61.2 Å². The van der Waals surface area contributed by atoms with E-state index >= 15 is 0 Å². The summed E-state index contributed by atoms with van der Waals surface area (Å²) in [6.07, 6.45) is 0.167. The average Bonchev–Trinajstić information content (AvgIpc) is 2.52. The Morgan fingerprint density at radius 1 is 1.42 bits per heavy atom. The van der Waals surface area contributed by atoms with E-state index in [9.17, 15) is 4.79 Å². The minimum absolute atomic E-state index is 0.0837. The molecule has 0 bridgehead atoms. The zero-order chi connectivity index (χ0) is 17.9. The Hall–Kier alpha value is -1.11. The largest absolute Gasteiger partial charge is 0.496 e. The molecule has 0 saturated carbocycles. The third-order valence-corrected chi connectivity index (χ3v) is 4.91. The predicted octanol–water partition coefficient (Wildman–Crippen LogP) is 2.91. The van der Waals surface area contributed by atoms with E-state index in [4.69, 9.17) is 9.47 Å². The lowest BCUT2D eigenvalue weighted by Gasteiger charge is -2.38. The highest BCUT2D eigenvalue weighted by atomic mass is 79.9. The molecule has 1 aliphatic rings. The van der Waals surface area contributed by atoms with Crippen LogP contribution < -0.4 is 4.74 Å². The van der Waals surface area contributed by atoms with Gasteiger partial charge in [-0.15, -0.1) is 0 Å². The van der Waals surface area contributed by atoms with Crippen molar-refractivity contribution >= 4 is 21.8 Å². The van der Waals surface area contributed by atoms with Crippen molar-refractivity contribution in [3.05, 3.63) is 28.2 Å². The van der Waals surface area contributed by atoms with Gasteiger partial charge in [0.15, 0.2) is 0 Å². The lowest BCUT2D eigenvalue weighted by molar-refractivity contribution is -0.147. The maximum Gasteiger partial charge on any atom is 0.239 e. The van der Waals surface area contributed by atoms with Crippen LogP contribution in [0.5, 0.6) is 5.75 Å². The normalized spacial score (nSPS) is 22.5. The molecular formula is C18H27BrN2O3. The molecule has 0 aromatic heterocycles. The van der Waals surface area contributed by atoms with Crippen LogP contribution >= 0.6 is 15.9 Å². The first-order valence-electron chi connectivity index (χ1n) is 8.28. The van der Waals surface area contributed by atoms with Crippen LogP contribution in [0, 0.1) is 0 Å². The summed E-state index contributed by atoms with van der Waals surface area (Å²) in [7, 11) is 3.63. The van der Waals surface area contributed by atoms with Crippen molar-refractivity contribution in [2.45, 2.75) is 45.6 Å². The van der Waals surface area contributed by atoms with Gasteiger partial charge in [0.25, 0.3) is 0 Å². The Labute approximate surface area is 153 Å². The molecule has 6 heteroatoms. The summed E-state index contributed by atoms with van der Waals surface area (Å²) in [5.41, 5.74) is 1.05. The number of hydrogen-bond acceptors (Lipinski definition) is 4. The van der Waals surface area contributed by atoms with Gasteiger partial charge in [0.2, 0.25) is 5.91 Å². The Morgan fingerprint density at radius 3 is 2.62 bits per heavy atom. The van der Waals surface area contributed by atoms with Crippen LogP contribution in [0.2, 0.25) is 0 Å². The van der Waals surface area contributed by atoms with Gasteiger partial charge < -0.3 is 14.4 Å². The number of benzene rings is 1. The molecule has 0 N–H and O–H groups in total. The number of amides is 1. The van der Waals surface area contributed by atoms with Gasteiger partial charge in [0.05, 0.1) is 25.4 Å². The first-order chi connectivity index (χ1) is 11.3. The molecule has 1 amide bonds. The van der Waals surface area contributed by atoms with E-state index in [0.717, 1.165) is 15.8 Å². The lowest BCUT2D eigenvalue weighted by atomic mass is 10.1. The minimum Gasteiger partial charge on any atom is -0.496 e. The number of morpholine rings is 1. The first kappa shape index (κ1) is 19.2. The smallest absolute Gasteiger partial charge is 0.239 e. The number of methoxy groups -OCH3 is 1. The van der Waals surface area contributed by atoms with Crippen molar-refractivity contribution in [1.29, 1.82) is 0 Å². The third kappa shape index (κ3) is 4.71. The molecule has 1 aromatic carbocycles. The van der Waals surface area contributed by atoms with Crippen LogP contribution in [0.1, 0.15) is 26.3 Å². The number of halogens is 1. The Kier molecular flexibility index (Phi) is 6.66. The number of ether oxygens (including phenoxy) is 2. The first-order valence-corrected chi connectivity index (χ1v) is 9.08.